The number of hydrogen-bond donors (Lipinski definition) is 0. The van der Waals surface area contributed by atoms with Crippen LogP contribution in [-0.2, 0) is 6.54 Å². The first-order valence-corrected chi connectivity index (χ1v) is 9.70. The Morgan fingerprint density at radius 1 is 1.08 bits per heavy atom. The first-order valence-electron chi connectivity index (χ1n) is 9.70. The molecule has 26 heavy (non-hydrogen) atoms. The fourth-order valence-electron chi connectivity index (χ4n) is 3.48. The van der Waals surface area contributed by atoms with Crippen LogP contribution in [0.2, 0.25) is 0 Å². The van der Waals surface area contributed by atoms with E-state index >= 15 is 0 Å². The third-order valence-corrected chi connectivity index (χ3v) is 5.02. The Labute approximate surface area is 156 Å². The molecule has 0 spiro atoms. The Bertz CT molecular complexity index is 706. The van der Waals surface area contributed by atoms with Gasteiger partial charge in [-0.25, -0.2) is 0 Å². The highest BCUT2D eigenvalue weighted by Gasteiger charge is 2.21. The van der Waals surface area contributed by atoms with Gasteiger partial charge in [0.25, 0.3) is 5.91 Å². The standard InChI is InChI=1S/C22H29N3O/c1-18(2)25(17-19-10-6-5-7-11-19)22(26)20-14-21(16-23-15-20)24-12-8-3-4-9-13-24/h5-7,10-11,14-16,18H,3-4,8-9,12-13,17H2,1-2H3. The fraction of sp³-hybridized carbons (Fsp3) is 0.455. The lowest BCUT2D eigenvalue weighted by molar-refractivity contribution is 0.0690. The molecule has 2 aromatic rings. The SMILES string of the molecule is CC(C)N(Cc1ccccc1)C(=O)c1cncc(N2CCCCCC2)c1. The van der Waals surface area contributed by atoms with Gasteiger partial charge >= 0.3 is 0 Å². The molecule has 1 amide bonds. The van der Waals surface area contributed by atoms with Crippen molar-refractivity contribution in [2.24, 2.45) is 0 Å². The third kappa shape index (κ3) is 4.63. The molecule has 0 aliphatic carbocycles. The number of amides is 1. The normalized spacial score (nSPS) is 15.0. The van der Waals surface area contributed by atoms with Crippen molar-refractivity contribution < 1.29 is 4.79 Å². The molecule has 1 aliphatic rings. The Morgan fingerprint density at radius 2 is 1.77 bits per heavy atom. The van der Waals surface area contributed by atoms with Crippen LogP contribution in [-0.4, -0.2) is 34.9 Å². The van der Waals surface area contributed by atoms with E-state index in [1.165, 1.54) is 25.7 Å². The van der Waals surface area contributed by atoms with Crippen molar-refractivity contribution >= 4 is 11.6 Å². The van der Waals surface area contributed by atoms with E-state index in [4.69, 9.17) is 0 Å². The quantitative estimate of drug-likeness (QED) is 0.795. The summed E-state index contributed by atoms with van der Waals surface area (Å²) in [5, 5.41) is 0. The number of hydrogen-bond acceptors (Lipinski definition) is 3. The zero-order valence-electron chi connectivity index (χ0n) is 15.9. The van der Waals surface area contributed by atoms with Crippen molar-refractivity contribution in [3.63, 3.8) is 0 Å². The van der Waals surface area contributed by atoms with Crippen molar-refractivity contribution in [2.45, 2.75) is 52.1 Å². The number of carbonyl (C=O) groups excluding carboxylic acids is 1. The van der Waals surface area contributed by atoms with Gasteiger partial charge < -0.3 is 9.80 Å². The molecule has 1 saturated heterocycles. The third-order valence-electron chi connectivity index (χ3n) is 5.02. The van der Waals surface area contributed by atoms with Crippen LogP contribution in [0.25, 0.3) is 0 Å². The van der Waals surface area contributed by atoms with E-state index in [9.17, 15) is 4.79 Å². The lowest BCUT2D eigenvalue weighted by Gasteiger charge is -2.28. The molecular weight excluding hydrogens is 322 g/mol. The second kappa shape index (κ2) is 8.84. The molecule has 1 aliphatic heterocycles. The molecule has 0 N–H and O–H groups in total. The number of pyridine rings is 1. The molecule has 3 rings (SSSR count). The molecule has 0 atom stereocenters. The summed E-state index contributed by atoms with van der Waals surface area (Å²) < 4.78 is 0. The summed E-state index contributed by atoms with van der Waals surface area (Å²) in [5.41, 5.74) is 2.89. The number of aromatic nitrogens is 1. The monoisotopic (exact) mass is 351 g/mol. The summed E-state index contributed by atoms with van der Waals surface area (Å²) in [6.07, 6.45) is 8.60. The minimum atomic E-state index is 0.0491. The van der Waals surface area contributed by atoms with E-state index in [2.05, 4.69) is 35.9 Å². The molecule has 4 heteroatoms. The van der Waals surface area contributed by atoms with Crippen molar-refractivity contribution in [1.82, 2.24) is 9.88 Å². The Hall–Kier alpha value is -2.36. The maximum absolute atomic E-state index is 13.2. The molecule has 2 heterocycles. The van der Waals surface area contributed by atoms with Crippen LogP contribution in [0, 0.1) is 0 Å². The number of nitrogens with zero attached hydrogens (tertiary/aromatic N) is 3. The van der Waals surface area contributed by atoms with Gasteiger partial charge in [-0.2, -0.15) is 0 Å². The molecule has 0 unspecified atom stereocenters. The largest absolute Gasteiger partial charge is 0.370 e. The van der Waals surface area contributed by atoms with E-state index in [-0.39, 0.29) is 11.9 Å². The fourth-order valence-corrected chi connectivity index (χ4v) is 3.48. The molecular formula is C22H29N3O. The van der Waals surface area contributed by atoms with Crippen LogP contribution >= 0.6 is 0 Å². The molecule has 0 radical (unpaired) electrons. The highest BCUT2D eigenvalue weighted by Crippen LogP contribution is 2.21. The summed E-state index contributed by atoms with van der Waals surface area (Å²) in [6, 6.07) is 12.3. The van der Waals surface area contributed by atoms with E-state index in [0.717, 1.165) is 24.3 Å². The molecule has 138 valence electrons. The summed E-state index contributed by atoms with van der Waals surface area (Å²) in [4.78, 5) is 21.8. The Balaban J connectivity index is 1.79. The van der Waals surface area contributed by atoms with Gasteiger partial charge in [0, 0.05) is 31.9 Å². The van der Waals surface area contributed by atoms with Crippen LogP contribution < -0.4 is 4.90 Å². The van der Waals surface area contributed by atoms with E-state index < -0.39 is 0 Å². The number of anilines is 1. The zero-order chi connectivity index (χ0) is 18.4. The predicted octanol–water partition coefficient (Wildman–Crippen LogP) is 4.51. The highest BCUT2D eigenvalue weighted by atomic mass is 16.2. The second-order valence-electron chi connectivity index (χ2n) is 7.35. The van der Waals surface area contributed by atoms with Gasteiger partial charge in [0.15, 0.2) is 0 Å². The summed E-state index contributed by atoms with van der Waals surface area (Å²) in [6.45, 7) is 6.85. The molecule has 1 aromatic carbocycles. The van der Waals surface area contributed by atoms with Gasteiger partial charge in [-0.05, 0) is 38.3 Å². The van der Waals surface area contributed by atoms with Crippen molar-refractivity contribution in [3.8, 4) is 0 Å². The maximum atomic E-state index is 13.2. The van der Waals surface area contributed by atoms with Crippen molar-refractivity contribution in [3.05, 3.63) is 59.9 Å². The first-order chi connectivity index (χ1) is 12.6. The summed E-state index contributed by atoms with van der Waals surface area (Å²) in [7, 11) is 0. The predicted molar refractivity (Wildman–Crippen MR) is 106 cm³/mol. The molecule has 0 bridgehead atoms. The van der Waals surface area contributed by atoms with Gasteiger partial charge in [-0.1, -0.05) is 43.2 Å². The second-order valence-corrected chi connectivity index (χ2v) is 7.35. The zero-order valence-corrected chi connectivity index (χ0v) is 15.9. The van der Waals surface area contributed by atoms with Crippen molar-refractivity contribution in [2.75, 3.05) is 18.0 Å². The number of rotatable bonds is 5. The summed E-state index contributed by atoms with van der Waals surface area (Å²) in [5.74, 6) is 0.0491. The van der Waals surface area contributed by atoms with Crippen molar-refractivity contribution in [1.29, 1.82) is 0 Å². The van der Waals surface area contributed by atoms with Gasteiger partial charge in [-0.3, -0.25) is 9.78 Å². The summed E-state index contributed by atoms with van der Waals surface area (Å²) >= 11 is 0. The highest BCUT2D eigenvalue weighted by molar-refractivity contribution is 5.95. The number of benzene rings is 1. The van der Waals surface area contributed by atoms with E-state index in [1.54, 1.807) is 6.20 Å². The van der Waals surface area contributed by atoms with Gasteiger partial charge in [0.05, 0.1) is 17.4 Å². The van der Waals surface area contributed by atoms with Crippen LogP contribution in [0.1, 0.15) is 55.5 Å². The van der Waals surface area contributed by atoms with Gasteiger partial charge in [0.1, 0.15) is 0 Å². The molecule has 1 fully saturated rings. The van der Waals surface area contributed by atoms with Gasteiger partial charge in [0.2, 0.25) is 0 Å². The molecule has 4 nitrogen and oxygen atoms in total. The van der Waals surface area contributed by atoms with Crippen LogP contribution in [0.5, 0.6) is 0 Å². The lowest BCUT2D eigenvalue weighted by Crippen LogP contribution is -2.36. The minimum absolute atomic E-state index is 0.0491. The maximum Gasteiger partial charge on any atom is 0.256 e. The average Bonchev–Trinajstić information content (AvgIpc) is 2.96. The smallest absolute Gasteiger partial charge is 0.256 e. The molecule has 0 saturated carbocycles. The number of carbonyl (C=O) groups is 1. The van der Waals surface area contributed by atoms with E-state index in [0.29, 0.717) is 12.1 Å². The topological polar surface area (TPSA) is 36.4 Å². The Morgan fingerprint density at radius 3 is 2.42 bits per heavy atom. The average molecular weight is 351 g/mol. The first kappa shape index (κ1) is 18.4. The van der Waals surface area contributed by atoms with Crippen LogP contribution in [0.4, 0.5) is 5.69 Å². The van der Waals surface area contributed by atoms with Crippen LogP contribution in [0.3, 0.4) is 0 Å². The lowest BCUT2D eigenvalue weighted by atomic mass is 10.1. The van der Waals surface area contributed by atoms with E-state index in [1.807, 2.05) is 35.4 Å². The Kier molecular flexibility index (Phi) is 6.26. The molecule has 1 aromatic heterocycles. The van der Waals surface area contributed by atoms with Crippen LogP contribution in [0.15, 0.2) is 48.8 Å². The minimum Gasteiger partial charge on any atom is -0.370 e. The van der Waals surface area contributed by atoms with Gasteiger partial charge in [-0.15, -0.1) is 0 Å².